The molecule has 0 unspecified atom stereocenters. The molecule has 0 spiro atoms. The van der Waals surface area contributed by atoms with E-state index in [-0.39, 0.29) is 11.9 Å². The van der Waals surface area contributed by atoms with Crippen LogP contribution in [0.4, 0.5) is 0 Å². The second kappa shape index (κ2) is 7.27. The van der Waals surface area contributed by atoms with Crippen molar-refractivity contribution >= 4 is 20.1 Å². The Hall–Kier alpha value is -1.57. The summed E-state index contributed by atoms with van der Waals surface area (Å²) >= 11 is 0. The summed E-state index contributed by atoms with van der Waals surface area (Å²) in [5.74, 6) is -0.375. The Kier molecular flexibility index (Phi) is 5.99. The number of esters is 1. The maximum atomic E-state index is 12.0. The molecule has 0 aromatic heterocycles. The van der Waals surface area contributed by atoms with Gasteiger partial charge in [0.25, 0.3) is 0 Å². The van der Waals surface area contributed by atoms with E-state index >= 15 is 0 Å². The van der Waals surface area contributed by atoms with E-state index in [0.717, 1.165) is 10.8 Å². The number of benzene rings is 1. The van der Waals surface area contributed by atoms with Gasteiger partial charge in [-0.2, -0.15) is 0 Å². The number of carbonyl (C=O) groups excluding carboxylic acids is 1. The standard InChI is InChI=1S/C17H24O2Si/c1-6-19-17(18)14(2)16(20(3,4)5)13-12-15-10-8-7-9-11-15/h7-12,14H,6H2,1-5H3/t13?,14-/m0/s1. The molecule has 0 N–H and O–H groups in total. The quantitative estimate of drug-likeness (QED) is 0.459. The van der Waals surface area contributed by atoms with Crippen molar-refractivity contribution in [1.82, 2.24) is 0 Å². The lowest BCUT2D eigenvalue weighted by Gasteiger charge is -2.23. The maximum Gasteiger partial charge on any atom is 0.313 e. The third-order valence-corrected chi connectivity index (χ3v) is 5.27. The van der Waals surface area contributed by atoms with Gasteiger partial charge in [-0.3, -0.25) is 4.79 Å². The summed E-state index contributed by atoms with van der Waals surface area (Å²) in [6.45, 7) is 10.8. The first kappa shape index (κ1) is 16.5. The van der Waals surface area contributed by atoms with Gasteiger partial charge in [0.15, 0.2) is 0 Å². The fourth-order valence-corrected chi connectivity index (χ4v) is 4.01. The zero-order chi connectivity index (χ0) is 15.2. The van der Waals surface area contributed by atoms with Crippen LogP contribution in [0, 0.1) is 5.92 Å². The molecular formula is C17H24O2Si. The highest BCUT2D eigenvalue weighted by Crippen LogP contribution is 2.23. The summed E-state index contributed by atoms with van der Waals surface area (Å²) in [7, 11) is -1.62. The van der Waals surface area contributed by atoms with Crippen molar-refractivity contribution in [2.24, 2.45) is 5.92 Å². The summed E-state index contributed by atoms with van der Waals surface area (Å²) in [6, 6.07) is 10.0. The fourth-order valence-electron chi connectivity index (χ4n) is 2.09. The summed E-state index contributed by atoms with van der Waals surface area (Å²) < 4.78 is 5.14. The van der Waals surface area contributed by atoms with Crippen molar-refractivity contribution in [3.05, 3.63) is 46.8 Å². The van der Waals surface area contributed by atoms with Crippen molar-refractivity contribution in [2.45, 2.75) is 33.5 Å². The van der Waals surface area contributed by atoms with Crippen LogP contribution in [0.1, 0.15) is 19.4 Å². The van der Waals surface area contributed by atoms with E-state index < -0.39 is 8.07 Å². The molecule has 20 heavy (non-hydrogen) atoms. The van der Waals surface area contributed by atoms with E-state index in [0.29, 0.717) is 6.61 Å². The first-order valence-corrected chi connectivity index (χ1v) is 10.5. The Morgan fingerprint density at radius 2 is 1.90 bits per heavy atom. The molecule has 0 heterocycles. The molecule has 0 aliphatic heterocycles. The first-order chi connectivity index (χ1) is 9.36. The van der Waals surface area contributed by atoms with Gasteiger partial charge in [0, 0.05) is 0 Å². The van der Waals surface area contributed by atoms with Crippen molar-refractivity contribution in [1.29, 1.82) is 0 Å². The average molecular weight is 288 g/mol. The van der Waals surface area contributed by atoms with Crippen LogP contribution < -0.4 is 0 Å². The van der Waals surface area contributed by atoms with Crippen molar-refractivity contribution in [3.63, 3.8) is 0 Å². The smallest absolute Gasteiger partial charge is 0.313 e. The van der Waals surface area contributed by atoms with E-state index in [1.54, 1.807) is 0 Å². The highest BCUT2D eigenvalue weighted by atomic mass is 28.3. The third-order valence-electron chi connectivity index (χ3n) is 3.08. The molecule has 108 valence electrons. The van der Waals surface area contributed by atoms with Gasteiger partial charge in [0.05, 0.1) is 20.6 Å². The predicted molar refractivity (Wildman–Crippen MR) is 87.1 cm³/mol. The molecule has 0 aliphatic carbocycles. The van der Waals surface area contributed by atoms with E-state index in [4.69, 9.17) is 4.74 Å². The molecule has 1 aromatic rings. The number of ether oxygens (including phenoxy) is 1. The maximum absolute atomic E-state index is 12.0. The molecule has 1 atom stereocenters. The van der Waals surface area contributed by atoms with Gasteiger partial charge in [-0.15, -0.1) is 5.73 Å². The Morgan fingerprint density at radius 1 is 1.30 bits per heavy atom. The van der Waals surface area contributed by atoms with Crippen molar-refractivity contribution in [2.75, 3.05) is 6.61 Å². The summed E-state index contributed by atoms with van der Waals surface area (Å²) in [5, 5.41) is 1.10. The first-order valence-electron chi connectivity index (χ1n) is 7.05. The lowest BCUT2D eigenvalue weighted by molar-refractivity contribution is -0.145. The Morgan fingerprint density at radius 3 is 2.40 bits per heavy atom. The molecule has 0 fully saturated rings. The fraction of sp³-hybridized carbons (Fsp3) is 0.412. The molecule has 1 aromatic carbocycles. The highest BCUT2D eigenvalue weighted by Gasteiger charge is 2.29. The van der Waals surface area contributed by atoms with Crippen LogP contribution in [0.3, 0.4) is 0 Å². The minimum Gasteiger partial charge on any atom is -0.466 e. The van der Waals surface area contributed by atoms with Crippen molar-refractivity contribution in [3.8, 4) is 0 Å². The van der Waals surface area contributed by atoms with Crippen molar-refractivity contribution < 1.29 is 9.53 Å². The van der Waals surface area contributed by atoms with E-state index in [1.807, 2.05) is 50.3 Å². The van der Waals surface area contributed by atoms with Crippen LogP contribution in [0.2, 0.25) is 19.6 Å². The molecule has 0 bridgehead atoms. The van der Waals surface area contributed by atoms with Gasteiger partial charge in [-0.1, -0.05) is 50.0 Å². The number of rotatable bonds is 5. The minimum atomic E-state index is -1.62. The Balaban J connectivity index is 3.14. The lowest BCUT2D eigenvalue weighted by atomic mass is 10.1. The lowest BCUT2D eigenvalue weighted by Crippen LogP contribution is -2.32. The SMILES string of the molecule is CCOC(=O)[C@@H](C)C(=C=Cc1ccccc1)[Si](C)(C)C. The molecule has 0 amide bonds. The average Bonchev–Trinajstić information content (AvgIpc) is 2.38. The van der Waals surface area contributed by atoms with Crippen LogP contribution in [-0.2, 0) is 9.53 Å². The molecule has 0 aliphatic rings. The van der Waals surface area contributed by atoms with E-state index in [9.17, 15) is 4.79 Å². The number of carbonyl (C=O) groups is 1. The molecule has 0 saturated heterocycles. The van der Waals surface area contributed by atoms with Gasteiger partial charge >= 0.3 is 5.97 Å². The number of hydrogen-bond donors (Lipinski definition) is 0. The molecule has 0 saturated carbocycles. The van der Waals surface area contributed by atoms with Gasteiger partial charge in [0.1, 0.15) is 0 Å². The van der Waals surface area contributed by atoms with Gasteiger partial charge in [-0.25, -0.2) is 0 Å². The molecule has 3 heteroatoms. The minimum absolute atomic E-state index is 0.154. The normalized spacial score (nSPS) is 12.2. The van der Waals surface area contributed by atoms with E-state index in [2.05, 4.69) is 25.4 Å². The predicted octanol–water partition coefficient (Wildman–Crippen LogP) is 4.30. The van der Waals surface area contributed by atoms with Gasteiger partial charge in [-0.05, 0) is 30.7 Å². The molecule has 0 radical (unpaired) electrons. The highest BCUT2D eigenvalue weighted by molar-refractivity contribution is 6.83. The zero-order valence-electron chi connectivity index (χ0n) is 13.1. The van der Waals surface area contributed by atoms with E-state index in [1.165, 1.54) is 0 Å². The monoisotopic (exact) mass is 288 g/mol. The van der Waals surface area contributed by atoms with Crippen LogP contribution in [0.5, 0.6) is 0 Å². The summed E-state index contributed by atoms with van der Waals surface area (Å²) in [4.78, 5) is 12.0. The second-order valence-corrected chi connectivity index (χ2v) is 10.9. The van der Waals surface area contributed by atoms with Crippen LogP contribution in [0.25, 0.3) is 6.08 Å². The van der Waals surface area contributed by atoms with Gasteiger partial charge < -0.3 is 4.74 Å². The Labute approximate surface area is 123 Å². The van der Waals surface area contributed by atoms with Gasteiger partial charge in [0.2, 0.25) is 0 Å². The van der Waals surface area contributed by atoms with Crippen LogP contribution in [-0.4, -0.2) is 20.7 Å². The van der Waals surface area contributed by atoms with Crippen LogP contribution in [0.15, 0.2) is 41.3 Å². The zero-order valence-corrected chi connectivity index (χ0v) is 14.1. The van der Waals surface area contributed by atoms with Crippen LogP contribution >= 0.6 is 0 Å². The molecule has 1 rings (SSSR count). The molecule has 2 nitrogen and oxygen atoms in total. The number of hydrogen-bond acceptors (Lipinski definition) is 2. The largest absolute Gasteiger partial charge is 0.466 e. The summed E-state index contributed by atoms with van der Waals surface area (Å²) in [5.41, 5.74) is 4.46. The Bertz CT molecular complexity index is 506. The topological polar surface area (TPSA) is 26.3 Å². The molecular weight excluding hydrogens is 264 g/mol. The third kappa shape index (κ3) is 4.84. The summed E-state index contributed by atoms with van der Waals surface area (Å²) in [6.07, 6.45) is 1.96. The second-order valence-electron chi connectivity index (χ2n) is 5.84.